The minimum atomic E-state index is -0.262. The molecule has 2 aromatic heterocycles. The van der Waals surface area contributed by atoms with Gasteiger partial charge in [-0.25, -0.2) is 0 Å². The van der Waals surface area contributed by atoms with Crippen LogP contribution in [-0.4, -0.2) is 26.4 Å². The van der Waals surface area contributed by atoms with Crippen LogP contribution >= 0.6 is 11.6 Å². The number of nitrogens with zero attached hydrogens (tertiary/aromatic N) is 4. The van der Waals surface area contributed by atoms with Crippen LogP contribution in [0.3, 0.4) is 0 Å². The second kappa shape index (κ2) is 5.35. The van der Waals surface area contributed by atoms with Gasteiger partial charge in [-0.3, -0.25) is 9.98 Å². The van der Waals surface area contributed by atoms with E-state index in [1.165, 1.54) is 0 Å². The topological polar surface area (TPSA) is 51.0 Å². The Morgan fingerprint density at radius 1 is 1.12 bits per heavy atom. The first-order chi connectivity index (χ1) is 11.5. The summed E-state index contributed by atoms with van der Waals surface area (Å²) in [5.41, 5.74) is 4.29. The molecule has 0 bridgehead atoms. The van der Waals surface area contributed by atoms with Crippen molar-refractivity contribution < 1.29 is 0 Å². The minimum absolute atomic E-state index is 0.225. The Morgan fingerprint density at radius 3 is 2.79 bits per heavy atom. The van der Waals surface area contributed by atoms with Crippen molar-refractivity contribution in [1.29, 1.82) is 0 Å². The molecule has 120 valence electrons. The molecule has 0 fully saturated rings. The van der Waals surface area contributed by atoms with E-state index in [1.807, 2.05) is 24.3 Å². The molecule has 0 radical (unpaired) electrons. The molecule has 0 N–H and O–H groups in total. The molecule has 0 spiro atoms. The summed E-state index contributed by atoms with van der Waals surface area (Å²) in [4.78, 5) is 9.08. The van der Waals surface area contributed by atoms with Gasteiger partial charge in [-0.1, -0.05) is 30.7 Å². The molecule has 1 atom stereocenters. The lowest BCUT2D eigenvalue weighted by atomic mass is 9.77. The molecular weight excluding hydrogens is 320 g/mol. The fourth-order valence-electron chi connectivity index (χ4n) is 3.18. The van der Waals surface area contributed by atoms with Crippen LogP contribution in [0.4, 0.5) is 0 Å². The van der Waals surface area contributed by atoms with Gasteiger partial charge in [0.2, 0.25) is 0 Å². The number of benzene rings is 1. The third-order valence-corrected chi connectivity index (χ3v) is 5.16. The Bertz CT molecular complexity index is 978. The van der Waals surface area contributed by atoms with Crippen molar-refractivity contribution in [3.05, 3.63) is 64.6 Å². The molecule has 1 aliphatic rings. The normalized spacial score (nSPS) is 19.0. The van der Waals surface area contributed by atoms with E-state index in [2.05, 4.69) is 42.0 Å². The van der Waals surface area contributed by atoms with Crippen LogP contribution in [0.25, 0.3) is 10.9 Å². The van der Waals surface area contributed by atoms with E-state index in [9.17, 15) is 0 Å². The van der Waals surface area contributed by atoms with Crippen LogP contribution in [0.1, 0.15) is 43.5 Å². The van der Waals surface area contributed by atoms with E-state index in [0.29, 0.717) is 0 Å². The summed E-state index contributed by atoms with van der Waals surface area (Å²) >= 11 is 6.51. The first kappa shape index (κ1) is 15.2. The van der Waals surface area contributed by atoms with Crippen LogP contribution in [0.5, 0.6) is 0 Å². The molecule has 0 saturated heterocycles. The molecule has 24 heavy (non-hydrogen) atoms. The van der Waals surface area contributed by atoms with Crippen molar-refractivity contribution in [3.8, 4) is 0 Å². The van der Waals surface area contributed by atoms with E-state index in [-0.39, 0.29) is 11.5 Å². The van der Waals surface area contributed by atoms with Gasteiger partial charge in [0.1, 0.15) is 11.2 Å². The molecule has 0 saturated carbocycles. The molecule has 4 nitrogen and oxygen atoms in total. The maximum Gasteiger partial charge on any atom is 0.112 e. The van der Waals surface area contributed by atoms with Gasteiger partial charge in [-0.15, -0.1) is 10.2 Å². The van der Waals surface area contributed by atoms with E-state index in [4.69, 9.17) is 16.6 Å². The first-order valence-corrected chi connectivity index (χ1v) is 8.31. The van der Waals surface area contributed by atoms with Gasteiger partial charge in [-0.2, -0.15) is 0 Å². The molecule has 1 unspecified atom stereocenters. The van der Waals surface area contributed by atoms with Gasteiger partial charge < -0.3 is 0 Å². The van der Waals surface area contributed by atoms with Crippen molar-refractivity contribution >= 4 is 28.2 Å². The summed E-state index contributed by atoms with van der Waals surface area (Å²) in [6.07, 6.45) is 3.47. The number of hydrogen-bond acceptors (Lipinski definition) is 4. The Balaban J connectivity index is 1.97. The third kappa shape index (κ3) is 2.29. The number of hydrogen-bond donors (Lipinski definition) is 0. The fraction of sp³-hybridized carbons (Fsp3) is 0.263. The molecule has 5 heteroatoms. The van der Waals surface area contributed by atoms with Crippen LogP contribution in [0, 0.1) is 0 Å². The molecular formula is C19H17ClN4. The van der Waals surface area contributed by atoms with Gasteiger partial charge >= 0.3 is 0 Å². The van der Waals surface area contributed by atoms with Gasteiger partial charge in [0.15, 0.2) is 0 Å². The van der Waals surface area contributed by atoms with Gasteiger partial charge in [0.25, 0.3) is 0 Å². The van der Waals surface area contributed by atoms with E-state index in [0.717, 1.165) is 38.5 Å². The van der Waals surface area contributed by atoms with E-state index >= 15 is 0 Å². The molecule has 0 aliphatic carbocycles. The summed E-state index contributed by atoms with van der Waals surface area (Å²) < 4.78 is 0. The molecule has 0 amide bonds. The predicted octanol–water partition coefficient (Wildman–Crippen LogP) is 4.41. The highest BCUT2D eigenvalue weighted by molar-refractivity contribution is 6.32. The molecule has 3 aromatic rings. The Morgan fingerprint density at radius 2 is 1.96 bits per heavy atom. The maximum absolute atomic E-state index is 6.51. The number of aliphatic imine (C=N–C) groups is 1. The quantitative estimate of drug-likeness (QED) is 0.661. The predicted molar refractivity (Wildman–Crippen MR) is 96.9 cm³/mol. The zero-order valence-electron chi connectivity index (χ0n) is 13.8. The average Bonchev–Trinajstić information content (AvgIpc) is 2.58. The van der Waals surface area contributed by atoms with Gasteiger partial charge in [-0.05, 0) is 37.6 Å². The van der Waals surface area contributed by atoms with Crippen LogP contribution in [-0.2, 0) is 0 Å². The lowest BCUT2D eigenvalue weighted by molar-refractivity contribution is 0.432. The number of aromatic nitrogens is 3. The van der Waals surface area contributed by atoms with E-state index < -0.39 is 0 Å². The lowest BCUT2D eigenvalue weighted by Crippen LogP contribution is -2.33. The van der Waals surface area contributed by atoms with Gasteiger partial charge in [0.05, 0.1) is 17.4 Å². The Kier molecular flexibility index (Phi) is 3.39. The molecule has 1 aliphatic heterocycles. The fourth-order valence-corrected chi connectivity index (χ4v) is 3.52. The number of fused-ring (bicyclic) bond motifs is 2. The second-order valence-electron chi connectivity index (χ2n) is 6.70. The second-order valence-corrected chi connectivity index (χ2v) is 7.11. The molecule has 4 rings (SSSR count). The maximum atomic E-state index is 6.51. The summed E-state index contributed by atoms with van der Waals surface area (Å²) in [6, 6.07) is 9.90. The van der Waals surface area contributed by atoms with Crippen LogP contribution in [0.2, 0.25) is 5.02 Å². The molecule has 1 aromatic carbocycles. The number of rotatable bonds is 1. The summed E-state index contributed by atoms with van der Waals surface area (Å²) in [5, 5.41) is 10.5. The van der Waals surface area contributed by atoms with Gasteiger partial charge in [0, 0.05) is 28.1 Å². The summed E-state index contributed by atoms with van der Waals surface area (Å²) in [7, 11) is 0. The monoisotopic (exact) mass is 336 g/mol. The van der Waals surface area contributed by atoms with Crippen molar-refractivity contribution in [1.82, 2.24) is 15.2 Å². The van der Waals surface area contributed by atoms with Crippen LogP contribution in [0.15, 0.2) is 47.7 Å². The van der Waals surface area contributed by atoms with Crippen molar-refractivity contribution in [2.24, 2.45) is 4.99 Å². The largest absolute Gasteiger partial charge is 0.276 e. The summed E-state index contributed by atoms with van der Waals surface area (Å²) in [5.74, 6) is 0.225. The first-order valence-electron chi connectivity index (χ1n) is 7.94. The zero-order valence-corrected chi connectivity index (χ0v) is 14.5. The van der Waals surface area contributed by atoms with Crippen molar-refractivity contribution in [2.75, 3.05) is 0 Å². The highest BCUT2D eigenvalue weighted by Gasteiger charge is 2.36. The highest BCUT2D eigenvalue weighted by Crippen LogP contribution is 2.42. The highest BCUT2D eigenvalue weighted by atomic mass is 35.5. The summed E-state index contributed by atoms with van der Waals surface area (Å²) in [6.45, 7) is 6.42. The van der Waals surface area contributed by atoms with Crippen molar-refractivity contribution in [2.45, 2.75) is 32.2 Å². The molecule has 3 heterocycles. The van der Waals surface area contributed by atoms with E-state index in [1.54, 1.807) is 12.4 Å². The SMILES string of the molecule is CC1c2c(Cl)cccc2C(c2cc3ccncc3nn2)=NC1(C)C. The lowest BCUT2D eigenvalue weighted by Gasteiger charge is -2.35. The standard InChI is InChI=1S/C19H17ClN4/c1-11-17-13(5-4-6-14(17)20)18(22-19(11,2)3)15-9-12-7-8-21-10-16(12)24-23-15/h4-11H,1-3H3. The minimum Gasteiger partial charge on any atom is -0.276 e. The average molecular weight is 337 g/mol. The number of halogens is 1. The zero-order chi connectivity index (χ0) is 16.9. The third-order valence-electron chi connectivity index (χ3n) is 4.83. The Hall–Kier alpha value is -2.33. The number of pyridine rings is 1. The Labute approximate surface area is 145 Å². The smallest absolute Gasteiger partial charge is 0.112 e. The van der Waals surface area contributed by atoms with Crippen molar-refractivity contribution in [3.63, 3.8) is 0 Å². The van der Waals surface area contributed by atoms with Crippen LogP contribution < -0.4 is 0 Å².